The van der Waals surface area contributed by atoms with Gasteiger partial charge in [-0.3, -0.25) is 4.79 Å². The van der Waals surface area contributed by atoms with E-state index in [9.17, 15) is 4.79 Å². The number of aromatic nitrogens is 3. The van der Waals surface area contributed by atoms with Crippen molar-refractivity contribution in [2.45, 2.75) is 39.7 Å². The van der Waals surface area contributed by atoms with Crippen LogP contribution in [0.5, 0.6) is 5.75 Å². The van der Waals surface area contributed by atoms with Gasteiger partial charge in [0.15, 0.2) is 5.13 Å². The van der Waals surface area contributed by atoms with Crippen LogP contribution in [0, 0.1) is 13.8 Å². The lowest BCUT2D eigenvalue weighted by atomic mass is 9.97. The second-order valence-corrected chi connectivity index (χ2v) is 9.51. The minimum absolute atomic E-state index is 0.0462. The van der Waals surface area contributed by atoms with Crippen molar-refractivity contribution in [3.05, 3.63) is 82.1 Å². The third kappa shape index (κ3) is 5.17. The van der Waals surface area contributed by atoms with Crippen LogP contribution in [0.1, 0.15) is 47.6 Å². The fourth-order valence-electron chi connectivity index (χ4n) is 4.36. The van der Waals surface area contributed by atoms with Crippen molar-refractivity contribution in [3.63, 3.8) is 0 Å². The van der Waals surface area contributed by atoms with E-state index in [0.29, 0.717) is 6.61 Å². The molecule has 2 aromatic carbocycles. The summed E-state index contributed by atoms with van der Waals surface area (Å²) in [7, 11) is 0. The van der Waals surface area contributed by atoms with Gasteiger partial charge in [-0.05, 0) is 37.6 Å². The molecular weight excluding hydrogens is 458 g/mol. The molecule has 0 aliphatic carbocycles. The third-order valence-electron chi connectivity index (χ3n) is 6.00. The number of aryl methyl sites for hydroxylation is 2. The molecule has 0 saturated heterocycles. The molecule has 7 nitrogen and oxygen atoms in total. The van der Waals surface area contributed by atoms with Crippen LogP contribution >= 0.6 is 11.3 Å². The first-order chi connectivity index (χ1) is 17.0. The average Bonchev–Trinajstić information content (AvgIpc) is 3.30. The van der Waals surface area contributed by atoms with Gasteiger partial charge in [-0.15, -0.1) is 11.3 Å². The topological polar surface area (TPSA) is 89.0 Å². The molecule has 8 heteroatoms. The Morgan fingerprint density at radius 3 is 2.74 bits per heavy atom. The monoisotopic (exact) mass is 485 g/mol. The lowest BCUT2D eigenvalue weighted by Crippen LogP contribution is -2.30. The Labute approximate surface area is 208 Å². The van der Waals surface area contributed by atoms with E-state index in [0.717, 1.165) is 63.4 Å². The number of anilines is 2. The van der Waals surface area contributed by atoms with Crippen molar-refractivity contribution in [1.82, 2.24) is 20.3 Å². The Morgan fingerprint density at radius 1 is 1.11 bits per heavy atom. The van der Waals surface area contributed by atoms with E-state index in [4.69, 9.17) is 14.7 Å². The lowest BCUT2D eigenvalue weighted by Gasteiger charge is -2.26. The summed E-state index contributed by atoms with van der Waals surface area (Å²) in [5.41, 5.74) is 6.05. The molecule has 0 fully saturated rings. The van der Waals surface area contributed by atoms with Crippen molar-refractivity contribution < 1.29 is 9.53 Å². The van der Waals surface area contributed by atoms with Crippen LogP contribution in [0.25, 0.3) is 11.3 Å². The van der Waals surface area contributed by atoms with Crippen molar-refractivity contribution in [1.29, 1.82) is 0 Å². The molecule has 1 aliphatic heterocycles. The summed E-state index contributed by atoms with van der Waals surface area (Å²) in [5, 5.41) is 9.25. The van der Waals surface area contributed by atoms with Gasteiger partial charge in [0.1, 0.15) is 17.4 Å². The van der Waals surface area contributed by atoms with Gasteiger partial charge in [0.05, 0.1) is 18.3 Å². The van der Waals surface area contributed by atoms with Crippen LogP contribution < -0.4 is 15.4 Å². The maximum absolute atomic E-state index is 11.7. The number of benzene rings is 2. The molecule has 3 heterocycles. The predicted molar refractivity (Wildman–Crippen MR) is 138 cm³/mol. The zero-order valence-electron chi connectivity index (χ0n) is 20.0. The molecule has 0 spiro atoms. The molecule has 0 radical (unpaired) electrons. The molecule has 0 saturated carbocycles. The van der Waals surface area contributed by atoms with Crippen molar-refractivity contribution >= 4 is 28.2 Å². The Bertz CT molecular complexity index is 1370. The number of amides is 1. The zero-order valence-corrected chi connectivity index (χ0v) is 20.8. The van der Waals surface area contributed by atoms with Gasteiger partial charge in [0.2, 0.25) is 5.91 Å². The summed E-state index contributed by atoms with van der Waals surface area (Å²) in [6.45, 7) is 6.05. The first-order valence-corrected chi connectivity index (χ1v) is 12.5. The molecule has 35 heavy (non-hydrogen) atoms. The Balaban J connectivity index is 1.42. The number of thiazole rings is 1. The summed E-state index contributed by atoms with van der Waals surface area (Å²) in [5.74, 6) is 2.27. The number of rotatable bonds is 6. The number of nitrogens with one attached hydrogen (secondary N) is 2. The highest BCUT2D eigenvalue weighted by Crippen LogP contribution is 2.36. The van der Waals surface area contributed by atoms with E-state index >= 15 is 0 Å². The molecule has 178 valence electrons. The Kier molecular flexibility index (Phi) is 6.46. The Hall–Kier alpha value is -3.78. The van der Waals surface area contributed by atoms with Gasteiger partial charge in [-0.2, -0.15) is 0 Å². The fraction of sp³-hybridized carbons (Fsp3) is 0.259. The maximum atomic E-state index is 11.7. The van der Waals surface area contributed by atoms with Gasteiger partial charge < -0.3 is 15.4 Å². The summed E-state index contributed by atoms with van der Waals surface area (Å²) in [4.78, 5) is 25.8. The number of ether oxygens (including phenoxy) is 1. The highest BCUT2D eigenvalue weighted by atomic mass is 32.1. The van der Waals surface area contributed by atoms with Gasteiger partial charge in [0, 0.05) is 47.5 Å². The van der Waals surface area contributed by atoms with E-state index in [2.05, 4.69) is 33.8 Å². The minimum atomic E-state index is -0.0556. The number of nitrogens with zero attached hydrogens (tertiary/aromatic N) is 3. The first kappa shape index (κ1) is 23.0. The molecule has 4 aromatic rings. The number of carbonyl (C=O) groups is 1. The number of carbonyl (C=O) groups excluding carboxylic acids is 1. The largest absolute Gasteiger partial charge is 0.493 e. The SMILES string of the molecule is CC(=O)NC1CCOc2ccc(-c3csc(Nc4nc(C)nc(C)c4Cc4ccccc4)n3)cc21. The molecule has 2 N–H and O–H groups in total. The molecule has 1 amide bonds. The molecule has 2 aromatic heterocycles. The molecule has 1 atom stereocenters. The van der Waals surface area contributed by atoms with Crippen molar-refractivity contribution in [2.75, 3.05) is 11.9 Å². The smallest absolute Gasteiger partial charge is 0.217 e. The predicted octanol–water partition coefficient (Wildman–Crippen LogP) is 5.51. The van der Waals surface area contributed by atoms with Gasteiger partial charge in [-0.25, -0.2) is 15.0 Å². The summed E-state index contributed by atoms with van der Waals surface area (Å²) in [6, 6.07) is 16.3. The molecular formula is C27H27N5O2S. The molecule has 5 rings (SSSR count). The van der Waals surface area contributed by atoms with E-state index in [-0.39, 0.29) is 11.9 Å². The lowest BCUT2D eigenvalue weighted by molar-refractivity contribution is -0.119. The molecule has 0 bridgehead atoms. The standard InChI is InChI=1S/C27H27N5O2S/c1-16-21(13-19-7-5-4-6-8-19)26(29-17(2)28-16)32-27-31-24(15-35-27)20-9-10-25-22(14-20)23(11-12-34-25)30-18(3)33/h4-10,14-15,23H,11-13H2,1-3H3,(H,30,33)(H,28,29,31,32). The summed E-state index contributed by atoms with van der Waals surface area (Å²) in [6.07, 6.45) is 1.49. The quantitative estimate of drug-likeness (QED) is 0.374. The van der Waals surface area contributed by atoms with E-state index in [1.807, 2.05) is 49.6 Å². The maximum Gasteiger partial charge on any atom is 0.217 e. The van der Waals surface area contributed by atoms with E-state index in [1.165, 1.54) is 16.9 Å². The van der Waals surface area contributed by atoms with Crippen LogP contribution in [0.3, 0.4) is 0 Å². The van der Waals surface area contributed by atoms with Crippen LogP contribution in [0.2, 0.25) is 0 Å². The van der Waals surface area contributed by atoms with Gasteiger partial charge >= 0.3 is 0 Å². The van der Waals surface area contributed by atoms with Gasteiger partial charge in [-0.1, -0.05) is 30.3 Å². The number of fused-ring (bicyclic) bond motifs is 1. The van der Waals surface area contributed by atoms with Crippen LogP contribution in [-0.2, 0) is 11.2 Å². The molecule has 1 aliphatic rings. The second kappa shape index (κ2) is 9.84. The zero-order chi connectivity index (χ0) is 24.4. The van der Waals surface area contributed by atoms with E-state index in [1.54, 1.807) is 6.92 Å². The third-order valence-corrected chi connectivity index (χ3v) is 6.76. The number of hydrogen-bond acceptors (Lipinski definition) is 7. The van der Waals surface area contributed by atoms with Crippen molar-refractivity contribution in [2.24, 2.45) is 0 Å². The average molecular weight is 486 g/mol. The van der Waals surface area contributed by atoms with Crippen LogP contribution in [0.4, 0.5) is 10.9 Å². The first-order valence-electron chi connectivity index (χ1n) is 11.6. The highest BCUT2D eigenvalue weighted by Gasteiger charge is 2.23. The summed E-state index contributed by atoms with van der Waals surface area (Å²) < 4.78 is 5.80. The van der Waals surface area contributed by atoms with E-state index < -0.39 is 0 Å². The van der Waals surface area contributed by atoms with Crippen LogP contribution in [-0.4, -0.2) is 27.5 Å². The molecule has 1 unspecified atom stereocenters. The Morgan fingerprint density at radius 2 is 1.94 bits per heavy atom. The van der Waals surface area contributed by atoms with Crippen molar-refractivity contribution in [3.8, 4) is 17.0 Å². The normalized spacial score (nSPS) is 14.7. The number of hydrogen-bond donors (Lipinski definition) is 2. The summed E-state index contributed by atoms with van der Waals surface area (Å²) >= 11 is 1.53. The minimum Gasteiger partial charge on any atom is -0.493 e. The highest BCUT2D eigenvalue weighted by molar-refractivity contribution is 7.14. The second-order valence-electron chi connectivity index (χ2n) is 8.65. The van der Waals surface area contributed by atoms with Crippen LogP contribution in [0.15, 0.2) is 53.9 Å². The fourth-order valence-corrected chi connectivity index (χ4v) is 5.08. The van der Waals surface area contributed by atoms with Gasteiger partial charge in [0.25, 0.3) is 0 Å².